The maximum Gasteiger partial charge on any atom is 0.337 e. The minimum atomic E-state index is -0.488. The van der Waals surface area contributed by atoms with E-state index in [2.05, 4.69) is 37.3 Å². The van der Waals surface area contributed by atoms with E-state index in [-0.39, 0.29) is 23.8 Å². The molecule has 1 fully saturated rings. The third kappa shape index (κ3) is 8.63. The zero-order valence-electron chi connectivity index (χ0n) is 21.8. The van der Waals surface area contributed by atoms with Crippen LogP contribution in [0.4, 0.5) is 0 Å². The van der Waals surface area contributed by atoms with E-state index in [9.17, 15) is 14.7 Å². The molecule has 3 rings (SSSR count). The fourth-order valence-electron chi connectivity index (χ4n) is 4.89. The van der Waals surface area contributed by atoms with Gasteiger partial charge in [-0.05, 0) is 67.7 Å². The SMILES string of the molecule is COC(=O)c1cccc(CCCN2C(=O)CC[C@@H]2C=C[C@@H](O)[C@@H](C)CCCCCc2ccccc2)c1. The molecular weight excluding hydrogens is 450 g/mol. The Balaban J connectivity index is 1.39. The maximum absolute atomic E-state index is 12.5. The van der Waals surface area contributed by atoms with E-state index in [1.165, 1.54) is 25.5 Å². The summed E-state index contributed by atoms with van der Waals surface area (Å²) in [6, 6.07) is 18.1. The van der Waals surface area contributed by atoms with Gasteiger partial charge in [0.1, 0.15) is 0 Å². The number of carbonyl (C=O) groups is 2. The molecule has 1 aliphatic rings. The molecule has 1 amide bonds. The fourth-order valence-corrected chi connectivity index (χ4v) is 4.89. The van der Waals surface area contributed by atoms with E-state index >= 15 is 0 Å². The molecule has 36 heavy (non-hydrogen) atoms. The summed E-state index contributed by atoms with van der Waals surface area (Å²) < 4.78 is 4.80. The Morgan fingerprint density at radius 2 is 1.81 bits per heavy atom. The number of aliphatic hydroxyl groups is 1. The second-order valence-corrected chi connectivity index (χ2v) is 9.93. The van der Waals surface area contributed by atoms with Crippen LogP contribution in [0.5, 0.6) is 0 Å². The molecule has 0 bridgehead atoms. The first kappa shape index (κ1) is 27.7. The van der Waals surface area contributed by atoms with Crippen LogP contribution in [0, 0.1) is 5.92 Å². The number of rotatable bonds is 14. The normalized spacial score (nSPS) is 17.5. The summed E-state index contributed by atoms with van der Waals surface area (Å²) in [7, 11) is 1.38. The Bertz CT molecular complexity index is 987. The van der Waals surface area contributed by atoms with Gasteiger partial charge in [0.2, 0.25) is 5.91 Å². The van der Waals surface area contributed by atoms with Crippen LogP contribution < -0.4 is 0 Å². The van der Waals surface area contributed by atoms with Crippen LogP contribution >= 0.6 is 0 Å². The number of aryl methyl sites for hydroxylation is 2. The molecular formula is C31H41NO4. The predicted octanol–water partition coefficient (Wildman–Crippen LogP) is 5.75. The number of unbranched alkanes of at least 4 members (excludes halogenated alkanes) is 2. The molecule has 1 saturated heterocycles. The van der Waals surface area contributed by atoms with Crippen LogP contribution in [-0.4, -0.2) is 47.7 Å². The van der Waals surface area contributed by atoms with Gasteiger partial charge in [-0.1, -0.05) is 74.4 Å². The quantitative estimate of drug-likeness (QED) is 0.207. The van der Waals surface area contributed by atoms with E-state index in [0.29, 0.717) is 18.5 Å². The maximum atomic E-state index is 12.5. The van der Waals surface area contributed by atoms with Gasteiger partial charge < -0.3 is 14.7 Å². The van der Waals surface area contributed by atoms with E-state index in [1.54, 1.807) is 6.07 Å². The Labute approximate surface area is 216 Å². The molecule has 0 radical (unpaired) electrons. The second-order valence-electron chi connectivity index (χ2n) is 9.93. The molecule has 0 aromatic heterocycles. The van der Waals surface area contributed by atoms with Crippen molar-refractivity contribution in [2.24, 2.45) is 5.92 Å². The standard InChI is InChI=1S/C31H41NO4/c1-24(11-5-3-6-12-25-13-7-4-8-14-25)29(33)20-18-28-19-21-30(34)32(28)22-10-16-26-15-9-17-27(23-26)31(35)36-2/h4,7-9,13-15,17-18,20,23-24,28-29,33H,3,5-6,10-12,16,19,21-22H2,1-2H3/t24-,28-,29+/m0/s1. The predicted molar refractivity (Wildman–Crippen MR) is 144 cm³/mol. The molecule has 5 heteroatoms. The van der Waals surface area contributed by atoms with Crippen LogP contribution in [0.25, 0.3) is 0 Å². The topological polar surface area (TPSA) is 66.8 Å². The summed E-state index contributed by atoms with van der Waals surface area (Å²) in [5.74, 6) is 0.0382. The number of likely N-dealkylation sites (tertiary alicyclic amines) is 1. The van der Waals surface area contributed by atoms with Crippen molar-refractivity contribution in [3.63, 3.8) is 0 Å². The number of esters is 1. The number of nitrogens with zero attached hydrogens (tertiary/aromatic N) is 1. The van der Waals surface area contributed by atoms with E-state index in [0.717, 1.165) is 44.1 Å². The van der Waals surface area contributed by atoms with Crippen molar-refractivity contribution < 1.29 is 19.4 Å². The number of hydrogen-bond donors (Lipinski definition) is 1. The average Bonchev–Trinajstić information content (AvgIpc) is 3.26. The monoisotopic (exact) mass is 491 g/mol. The van der Waals surface area contributed by atoms with Crippen LogP contribution in [0.15, 0.2) is 66.7 Å². The Kier molecular flexibility index (Phi) is 11.2. The highest BCUT2D eigenvalue weighted by molar-refractivity contribution is 5.89. The van der Waals surface area contributed by atoms with Crippen molar-refractivity contribution in [2.45, 2.75) is 76.9 Å². The number of aliphatic hydroxyl groups excluding tert-OH is 1. The van der Waals surface area contributed by atoms with Gasteiger partial charge in [0, 0.05) is 13.0 Å². The third-order valence-corrected chi connectivity index (χ3v) is 7.17. The lowest BCUT2D eigenvalue weighted by atomic mass is 9.95. The van der Waals surface area contributed by atoms with Crippen LogP contribution in [0.1, 0.15) is 73.4 Å². The molecule has 3 atom stereocenters. The highest BCUT2D eigenvalue weighted by atomic mass is 16.5. The van der Waals surface area contributed by atoms with Crippen molar-refractivity contribution in [1.29, 1.82) is 0 Å². The van der Waals surface area contributed by atoms with E-state index in [4.69, 9.17) is 4.74 Å². The fraction of sp³-hybridized carbons (Fsp3) is 0.484. The number of carbonyl (C=O) groups excluding carboxylic acids is 2. The number of methoxy groups -OCH3 is 1. The summed E-state index contributed by atoms with van der Waals surface area (Å²) in [6.45, 7) is 2.77. The molecule has 0 aliphatic carbocycles. The molecule has 2 aromatic rings. The van der Waals surface area contributed by atoms with Crippen LogP contribution in [-0.2, 0) is 22.4 Å². The first-order chi connectivity index (χ1) is 17.5. The number of benzene rings is 2. The second kappa shape index (κ2) is 14.6. The highest BCUT2D eigenvalue weighted by Gasteiger charge is 2.28. The molecule has 1 heterocycles. The van der Waals surface area contributed by atoms with Gasteiger partial charge in [0.15, 0.2) is 0 Å². The first-order valence-electron chi connectivity index (χ1n) is 13.3. The number of amides is 1. The molecule has 1 aliphatic heterocycles. The van der Waals surface area contributed by atoms with Gasteiger partial charge in [-0.2, -0.15) is 0 Å². The minimum absolute atomic E-state index is 0.0478. The van der Waals surface area contributed by atoms with Gasteiger partial charge in [0.05, 0.1) is 24.8 Å². The summed E-state index contributed by atoms with van der Waals surface area (Å²) in [6.07, 6.45) is 12.0. The molecule has 0 unspecified atom stereocenters. The molecule has 1 N–H and O–H groups in total. The lowest BCUT2D eigenvalue weighted by molar-refractivity contribution is -0.128. The number of ether oxygens (including phenoxy) is 1. The summed E-state index contributed by atoms with van der Waals surface area (Å²) in [5.41, 5.74) is 3.00. The van der Waals surface area contributed by atoms with Crippen molar-refractivity contribution >= 4 is 11.9 Å². The van der Waals surface area contributed by atoms with Crippen molar-refractivity contribution in [3.8, 4) is 0 Å². The van der Waals surface area contributed by atoms with E-state index < -0.39 is 6.10 Å². The van der Waals surface area contributed by atoms with Crippen LogP contribution in [0.3, 0.4) is 0 Å². The van der Waals surface area contributed by atoms with Crippen molar-refractivity contribution in [3.05, 3.63) is 83.4 Å². The summed E-state index contributed by atoms with van der Waals surface area (Å²) in [5, 5.41) is 10.7. The van der Waals surface area contributed by atoms with Gasteiger partial charge in [-0.3, -0.25) is 4.79 Å². The zero-order chi connectivity index (χ0) is 25.8. The molecule has 0 saturated carbocycles. The van der Waals surface area contributed by atoms with Crippen molar-refractivity contribution in [2.75, 3.05) is 13.7 Å². The molecule has 2 aromatic carbocycles. The Hall–Kier alpha value is -2.92. The third-order valence-electron chi connectivity index (χ3n) is 7.17. The van der Waals surface area contributed by atoms with E-state index in [1.807, 2.05) is 35.3 Å². The minimum Gasteiger partial charge on any atom is -0.465 e. The van der Waals surface area contributed by atoms with Crippen LogP contribution in [0.2, 0.25) is 0 Å². The molecule has 194 valence electrons. The zero-order valence-corrected chi connectivity index (χ0v) is 21.8. The lowest BCUT2D eigenvalue weighted by Crippen LogP contribution is -2.33. The largest absolute Gasteiger partial charge is 0.465 e. The molecule has 5 nitrogen and oxygen atoms in total. The summed E-state index contributed by atoms with van der Waals surface area (Å²) >= 11 is 0. The average molecular weight is 492 g/mol. The highest BCUT2D eigenvalue weighted by Crippen LogP contribution is 2.22. The lowest BCUT2D eigenvalue weighted by Gasteiger charge is -2.23. The molecule has 0 spiro atoms. The number of hydrogen-bond acceptors (Lipinski definition) is 4. The van der Waals surface area contributed by atoms with Gasteiger partial charge in [-0.15, -0.1) is 0 Å². The van der Waals surface area contributed by atoms with Gasteiger partial charge in [-0.25, -0.2) is 4.79 Å². The van der Waals surface area contributed by atoms with Gasteiger partial charge >= 0.3 is 5.97 Å². The Morgan fingerprint density at radius 3 is 2.58 bits per heavy atom. The summed E-state index contributed by atoms with van der Waals surface area (Å²) in [4.78, 5) is 26.1. The van der Waals surface area contributed by atoms with Gasteiger partial charge in [0.25, 0.3) is 0 Å². The van der Waals surface area contributed by atoms with Crippen molar-refractivity contribution in [1.82, 2.24) is 4.90 Å². The smallest absolute Gasteiger partial charge is 0.337 e. The Morgan fingerprint density at radius 1 is 1.06 bits per heavy atom. The first-order valence-corrected chi connectivity index (χ1v) is 13.3.